The van der Waals surface area contributed by atoms with E-state index in [0.29, 0.717) is 35.1 Å². The van der Waals surface area contributed by atoms with Gasteiger partial charge in [0, 0.05) is 41.5 Å². The first-order valence-corrected chi connectivity index (χ1v) is 9.97. The predicted octanol–water partition coefficient (Wildman–Crippen LogP) is 2.51. The van der Waals surface area contributed by atoms with Gasteiger partial charge in [0.2, 0.25) is 0 Å². The molecule has 1 aromatic carbocycles. The molecule has 0 spiro atoms. The average Bonchev–Trinajstić information content (AvgIpc) is 2.72. The Morgan fingerprint density at radius 2 is 2.04 bits per heavy atom. The molecule has 27 heavy (non-hydrogen) atoms. The number of nitrogens with two attached hydrogens (primary N) is 1. The molecule has 1 aliphatic heterocycles. The molecular weight excluding hydrogens is 386 g/mol. The lowest BCUT2D eigenvalue weighted by Gasteiger charge is -2.32. The zero-order valence-electron chi connectivity index (χ0n) is 14.6. The van der Waals surface area contributed by atoms with Gasteiger partial charge in [-0.3, -0.25) is 20.1 Å². The molecule has 0 saturated carbocycles. The van der Waals surface area contributed by atoms with Gasteiger partial charge < -0.3 is 4.90 Å². The number of hydrogen-bond donors (Lipinski definition) is 2. The third-order valence-electron chi connectivity index (χ3n) is 4.17. The molecule has 1 aromatic heterocycles. The lowest BCUT2D eigenvalue weighted by Crippen LogP contribution is -2.46. The Labute approximate surface area is 166 Å². The van der Waals surface area contributed by atoms with Gasteiger partial charge in [0.1, 0.15) is 0 Å². The third kappa shape index (κ3) is 4.91. The van der Waals surface area contributed by atoms with Gasteiger partial charge in [-0.05, 0) is 30.3 Å². The van der Waals surface area contributed by atoms with Crippen molar-refractivity contribution >= 4 is 41.0 Å². The van der Waals surface area contributed by atoms with E-state index in [2.05, 4.69) is 10.4 Å². The molecule has 0 bridgehead atoms. The fourth-order valence-electron chi connectivity index (χ4n) is 2.74. The SMILES string of the molecule is NNC(=O)c1ccc(CN(C(=O)N2CCSCC2)c2cccc(Cl)c2)nc1. The summed E-state index contributed by atoms with van der Waals surface area (Å²) in [5.74, 6) is 6.57. The Bertz CT molecular complexity index is 812. The highest BCUT2D eigenvalue weighted by Gasteiger charge is 2.25. The summed E-state index contributed by atoms with van der Waals surface area (Å²) in [6, 6.07) is 10.4. The van der Waals surface area contributed by atoms with Gasteiger partial charge in [0.05, 0.1) is 17.8 Å². The molecule has 7 nitrogen and oxygen atoms in total. The molecule has 2 aromatic rings. The van der Waals surface area contributed by atoms with Crippen LogP contribution in [0.5, 0.6) is 0 Å². The zero-order chi connectivity index (χ0) is 19.2. The second kappa shape index (κ2) is 9.07. The number of amides is 3. The summed E-state index contributed by atoms with van der Waals surface area (Å²) >= 11 is 7.97. The average molecular weight is 406 g/mol. The number of aromatic nitrogens is 1. The van der Waals surface area contributed by atoms with E-state index in [9.17, 15) is 9.59 Å². The van der Waals surface area contributed by atoms with Gasteiger partial charge in [-0.2, -0.15) is 11.8 Å². The van der Waals surface area contributed by atoms with Gasteiger partial charge in [0.15, 0.2) is 0 Å². The summed E-state index contributed by atoms with van der Waals surface area (Å²) in [6.45, 7) is 1.69. The summed E-state index contributed by atoms with van der Waals surface area (Å²) in [5, 5.41) is 0.558. The second-order valence-electron chi connectivity index (χ2n) is 5.96. The Kier molecular flexibility index (Phi) is 6.54. The van der Waals surface area contributed by atoms with Gasteiger partial charge in [0.25, 0.3) is 5.91 Å². The molecule has 9 heteroatoms. The van der Waals surface area contributed by atoms with Gasteiger partial charge >= 0.3 is 6.03 Å². The van der Waals surface area contributed by atoms with Crippen LogP contribution < -0.4 is 16.2 Å². The molecule has 0 atom stereocenters. The van der Waals surface area contributed by atoms with Crippen molar-refractivity contribution in [3.8, 4) is 0 Å². The van der Waals surface area contributed by atoms with E-state index in [1.807, 2.05) is 28.8 Å². The van der Waals surface area contributed by atoms with E-state index in [1.165, 1.54) is 6.20 Å². The van der Waals surface area contributed by atoms with Crippen LogP contribution in [0.2, 0.25) is 5.02 Å². The number of nitrogen functional groups attached to an aromatic ring is 1. The van der Waals surface area contributed by atoms with Crippen molar-refractivity contribution in [1.29, 1.82) is 0 Å². The molecule has 142 valence electrons. The van der Waals surface area contributed by atoms with Crippen LogP contribution in [0.3, 0.4) is 0 Å². The highest BCUT2D eigenvalue weighted by atomic mass is 35.5. The molecule has 2 heterocycles. The first-order chi connectivity index (χ1) is 13.1. The number of anilines is 1. The number of hydrogen-bond acceptors (Lipinski definition) is 5. The lowest BCUT2D eigenvalue weighted by molar-refractivity contribution is 0.0953. The largest absolute Gasteiger partial charge is 0.324 e. The Balaban J connectivity index is 1.85. The number of nitrogens with one attached hydrogen (secondary N) is 1. The molecule has 1 aliphatic rings. The maximum Gasteiger partial charge on any atom is 0.324 e. The van der Waals surface area contributed by atoms with E-state index in [0.717, 1.165) is 11.5 Å². The first-order valence-electron chi connectivity index (χ1n) is 8.44. The number of carbonyl (C=O) groups excluding carboxylic acids is 2. The summed E-state index contributed by atoms with van der Waals surface area (Å²) in [5.41, 5.74) is 3.79. The van der Waals surface area contributed by atoms with Crippen molar-refractivity contribution in [3.63, 3.8) is 0 Å². The molecule has 0 unspecified atom stereocenters. The zero-order valence-corrected chi connectivity index (χ0v) is 16.2. The molecule has 1 saturated heterocycles. The number of pyridine rings is 1. The van der Waals surface area contributed by atoms with Crippen LogP contribution in [0.25, 0.3) is 0 Å². The Morgan fingerprint density at radius 3 is 2.67 bits per heavy atom. The standard InChI is InChI=1S/C18H20ClN5O2S/c19-14-2-1-3-16(10-14)24(18(26)23-6-8-27-9-7-23)12-15-5-4-13(11-21-15)17(25)22-20/h1-5,10-11H,6-9,12,20H2,(H,22,25). The molecule has 3 rings (SSSR count). The smallest absolute Gasteiger partial charge is 0.323 e. The minimum Gasteiger partial charge on any atom is -0.323 e. The Morgan fingerprint density at radius 1 is 1.26 bits per heavy atom. The topological polar surface area (TPSA) is 91.6 Å². The normalized spacial score (nSPS) is 13.9. The monoisotopic (exact) mass is 405 g/mol. The lowest BCUT2D eigenvalue weighted by atomic mass is 10.2. The number of rotatable bonds is 4. The maximum absolute atomic E-state index is 13.1. The van der Waals surface area contributed by atoms with Crippen molar-refractivity contribution in [2.24, 2.45) is 5.84 Å². The fourth-order valence-corrected chi connectivity index (χ4v) is 3.82. The highest BCUT2D eigenvalue weighted by Crippen LogP contribution is 2.23. The minimum atomic E-state index is -0.414. The number of benzene rings is 1. The van der Waals surface area contributed by atoms with Crippen molar-refractivity contribution in [2.75, 3.05) is 29.5 Å². The third-order valence-corrected chi connectivity index (χ3v) is 5.35. The van der Waals surface area contributed by atoms with E-state index in [1.54, 1.807) is 29.2 Å². The molecule has 3 N–H and O–H groups in total. The summed E-state index contributed by atoms with van der Waals surface area (Å²) < 4.78 is 0. The summed E-state index contributed by atoms with van der Waals surface area (Å²) in [7, 11) is 0. The van der Waals surface area contributed by atoms with Gasteiger partial charge in [-0.25, -0.2) is 10.6 Å². The number of nitrogens with zero attached hydrogens (tertiary/aromatic N) is 3. The predicted molar refractivity (Wildman–Crippen MR) is 108 cm³/mol. The van der Waals surface area contributed by atoms with Crippen LogP contribution in [-0.4, -0.2) is 46.4 Å². The van der Waals surface area contributed by atoms with Crippen LogP contribution in [-0.2, 0) is 6.54 Å². The van der Waals surface area contributed by atoms with Crippen molar-refractivity contribution in [2.45, 2.75) is 6.54 Å². The van der Waals surface area contributed by atoms with E-state index in [4.69, 9.17) is 17.4 Å². The van der Waals surface area contributed by atoms with E-state index in [-0.39, 0.29) is 12.6 Å². The van der Waals surface area contributed by atoms with Gasteiger partial charge in [-0.1, -0.05) is 17.7 Å². The summed E-state index contributed by atoms with van der Waals surface area (Å²) in [6.07, 6.45) is 1.44. The van der Waals surface area contributed by atoms with Gasteiger partial charge in [-0.15, -0.1) is 0 Å². The molecule has 0 radical (unpaired) electrons. The number of urea groups is 1. The summed E-state index contributed by atoms with van der Waals surface area (Å²) in [4.78, 5) is 32.5. The van der Waals surface area contributed by atoms with Crippen LogP contribution >= 0.6 is 23.4 Å². The van der Waals surface area contributed by atoms with E-state index >= 15 is 0 Å². The first kappa shape index (κ1) is 19.5. The maximum atomic E-state index is 13.1. The highest BCUT2D eigenvalue weighted by molar-refractivity contribution is 7.99. The quantitative estimate of drug-likeness (QED) is 0.463. The van der Waals surface area contributed by atoms with Crippen LogP contribution in [0, 0.1) is 0 Å². The molecular formula is C18H20ClN5O2S. The van der Waals surface area contributed by atoms with Crippen LogP contribution in [0.1, 0.15) is 16.1 Å². The molecule has 0 aliphatic carbocycles. The van der Waals surface area contributed by atoms with Crippen LogP contribution in [0.15, 0.2) is 42.6 Å². The number of thioether (sulfide) groups is 1. The fraction of sp³-hybridized carbons (Fsp3) is 0.278. The molecule has 3 amide bonds. The molecule has 1 fully saturated rings. The number of halogens is 1. The van der Waals surface area contributed by atoms with E-state index < -0.39 is 5.91 Å². The van der Waals surface area contributed by atoms with Crippen molar-refractivity contribution in [1.82, 2.24) is 15.3 Å². The Hall–Kier alpha value is -2.29. The number of hydrazine groups is 1. The van der Waals surface area contributed by atoms with Crippen LogP contribution in [0.4, 0.5) is 10.5 Å². The minimum absolute atomic E-state index is 0.0804. The van der Waals surface area contributed by atoms with Crippen molar-refractivity contribution in [3.05, 3.63) is 58.9 Å². The second-order valence-corrected chi connectivity index (χ2v) is 7.62. The number of carbonyl (C=O) groups is 2. The van der Waals surface area contributed by atoms with Crippen molar-refractivity contribution < 1.29 is 9.59 Å².